The van der Waals surface area contributed by atoms with Gasteiger partial charge < -0.3 is 9.30 Å². The largest absolute Gasteiger partial charge is 0.469 e. The fourth-order valence-corrected chi connectivity index (χ4v) is 3.35. The fraction of sp³-hybridized carbons (Fsp3) is 0.190. The van der Waals surface area contributed by atoms with Gasteiger partial charge in [0.25, 0.3) is 0 Å². The topological polar surface area (TPSA) is 31.2 Å². The van der Waals surface area contributed by atoms with E-state index in [0.29, 0.717) is 17.9 Å². The third-order valence-corrected chi connectivity index (χ3v) is 4.74. The van der Waals surface area contributed by atoms with Crippen LogP contribution in [0.3, 0.4) is 0 Å². The number of benzene rings is 2. The summed E-state index contributed by atoms with van der Waals surface area (Å²) in [5.41, 5.74) is 5.48. The van der Waals surface area contributed by atoms with Gasteiger partial charge in [0.1, 0.15) is 0 Å². The Kier molecular flexibility index (Phi) is 4.95. The van der Waals surface area contributed by atoms with E-state index in [1.165, 1.54) is 7.11 Å². The van der Waals surface area contributed by atoms with Crippen LogP contribution in [0.4, 0.5) is 0 Å². The Morgan fingerprint density at radius 1 is 1.24 bits per heavy atom. The highest BCUT2D eigenvalue weighted by atomic mass is 35.5. The molecule has 0 radical (unpaired) electrons. The zero-order chi connectivity index (χ0) is 18.0. The maximum absolute atomic E-state index is 11.7. The number of aromatic nitrogens is 1. The van der Waals surface area contributed by atoms with Crippen LogP contribution in [-0.2, 0) is 23.0 Å². The van der Waals surface area contributed by atoms with Crippen LogP contribution in [0.5, 0.6) is 0 Å². The maximum atomic E-state index is 11.7. The Balaban J connectivity index is 2.22. The molecule has 0 fully saturated rings. The molecule has 2 aromatic carbocycles. The lowest BCUT2D eigenvalue weighted by Gasteiger charge is -2.08. The minimum Gasteiger partial charge on any atom is -0.469 e. The summed E-state index contributed by atoms with van der Waals surface area (Å²) < 4.78 is 6.98. The first-order valence-electron chi connectivity index (χ1n) is 8.11. The summed E-state index contributed by atoms with van der Waals surface area (Å²) in [5.74, 6) is -0.209. The van der Waals surface area contributed by atoms with Crippen LogP contribution in [0.1, 0.15) is 17.5 Å². The number of hydrogen-bond donors (Lipinski definition) is 0. The van der Waals surface area contributed by atoms with Gasteiger partial charge in [-0.15, -0.1) is 0 Å². The quantitative estimate of drug-likeness (QED) is 0.587. The molecule has 1 heterocycles. The van der Waals surface area contributed by atoms with Crippen molar-refractivity contribution in [2.45, 2.75) is 12.8 Å². The molecule has 1 aromatic heterocycles. The molecule has 0 saturated carbocycles. The summed E-state index contributed by atoms with van der Waals surface area (Å²) in [6.45, 7) is 3.86. The average Bonchev–Trinajstić information content (AvgIpc) is 2.91. The maximum Gasteiger partial charge on any atom is 0.305 e. The van der Waals surface area contributed by atoms with Crippen molar-refractivity contribution in [3.05, 3.63) is 65.2 Å². The molecule has 0 bridgehead atoms. The van der Waals surface area contributed by atoms with Gasteiger partial charge in [0.2, 0.25) is 0 Å². The Morgan fingerprint density at radius 2 is 1.96 bits per heavy atom. The van der Waals surface area contributed by atoms with Gasteiger partial charge in [0, 0.05) is 29.4 Å². The van der Waals surface area contributed by atoms with E-state index in [2.05, 4.69) is 23.3 Å². The van der Waals surface area contributed by atoms with Gasteiger partial charge in [-0.2, -0.15) is 0 Å². The third kappa shape index (κ3) is 3.33. The first-order chi connectivity index (χ1) is 12.0. The highest BCUT2D eigenvalue weighted by Crippen LogP contribution is 2.35. The van der Waals surface area contributed by atoms with Gasteiger partial charge in [0.05, 0.1) is 12.8 Å². The monoisotopic (exact) mass is 353 g/mol. The highest BCUT2D eigenvalue weighted by Gasteiger charge is 2.18. The van der Waals surface area contributed by atoms with Crippen molar-refractivity contribution in [3.8, 4) is 11.3 Å². The molecular weight excluding hydrogens is 334 g/mol. The predicted octanol–water partition coefficient (Wildman–Crippen LogP) is 5.25. The summed E-state index contributed by atoms with van der Waals surface area (Å²) in [6.07, 6.45) is 2.79. The van der Waals surface area contributed by atoms with Gasteiger partial charge in [-0.1, -0.05) is 42.5 Å². The molecule has 0 N–H and O–H groups in total. The molecule has 0 aliphatic rings. The van der Waals surface area contributed by atoms with Crippen LogP contribution in [0, 0.1) is 0 Å². The number of aryl methyl sites for hydroxylation is 2. The van der Waals surface area contributed by atoms with Gasteiger partial charge >= 0.3 is 5.97 Å². The minimum absolute atomic E-state index is 0.209. The smallest absolute Gasteiger partial charge is 0.305 e. The summed E-state index contributed by atoms with van der Waals surface area (Å²) in [4.78, 5) is 11.7. The summed E-state index contributed by atoms with van der Waals surface area (Å²) in [5, 5.41) is 1.83. The molecule has 25 heavy (non-hydrogen) atoms. The van der Waals surface area contributed by atoms with Crippen LogP contribution in [0.25, 0.3) is 28.2 Å². The van der Waals surface area contributed by atoms with Gasteiger partial charge in [-0.05, 0) is 47.4 Å². The molecule has 0 aliphatic heterocycles. The number of fused-ring (bicyclic) bond motifs is 1. The average molecular weight is 354 g/mol. The van der Waals surface area contributed by atoms with E-state index in [-0.39, 0.29) is 5.97 Å². The molecule has 3 nitrogen and oxygen atoms in total. The Labute approximate surface area is 152 Å². The number of methoxy groups -OCH3 is 1. The zero-order valence-electron chi connectivity index (χ0n) is 14.4. The van der Waals surface area contributed by atoms with Gasteiger partial charge in [-0.3, -0.25) is 4.79 Å². The molecule has 0 unspecified atom stereocenters. The fourth-order valence-electron chi connectivity index (χ4n) is 3.22. The summed E-state index contributed by atoms with van der Waals surface area (Å²) in [7, 11) is 3.46. The van der Waals surface area contributed by atoms with Crippen molar-refractivity contribution in [2.24, 2.45) is 7.05 Å². The van der Waals surface area contributed by atoms with Crippen LogP contribution >= 0.6 is 11.6 Å². The van der Waals surface area contributed by atoms with E-state index < -0.39 is 0 Å². The van der Waals surface area contributed by atoms with E-state index >= 15 is 0 Å². The lowest BCUT2D eigenvalue weighted by molar-refractivity contribution is -0.140. The van der Waals surface area contributed by atoms with E-state index in [4.69, 9.17) is 16.3 Å². The Hall–Kier alpha value is -2.52. The van der Waals surface area contributed by atoms with Crippen molar-refractivity contribution >= 4 is 34.5 Å². The van der Waals surface area contributed by atoms with Crippen LogP contribution in [0.2, 0.25) is 5.02 Å². The van der Waals surface area contributed by atoms with Crippen LogP contribution < -0.4 is 0 Å². The number of carbonyl (C=O) groups is 1. The Bertz CT molecular complexity index is 939. The van der Waals surface area contributed by atoms with E-state index in [9.17, 15) is 4.79 Å². The first kappa shape index (κ1) is 17.3. The molecule has 0 saturated heterocycles. The number of nitrogens with zero attached hydrogens (tertiary/aromatic N) is 1. The van der Waals surface area contributed by atoms with Crippen molar-refractivity contribution in [1.29, 1.82) is 0 Å². The third-order valence-electron chi connectivity index (χ3n) is 4.49. The number of carbonyl (C=O) groups excluding carboxylic acids is 1. The molecule has 4 heteroatoms. The second kappa shape index (κ2) is 7.16. The van der Waals surface area contributed by atoms with E-state index in [1.54, 1.807) is 0 Å². The van der Waals surface area contributed by atoms with Crippen molar-refractivity contribution in [3.63, 3.8) is 0 Å². The molecule has 3 aromatic rings. The standard InChI is InChI=1S/C21H20ClNO2/c1-4-14-5-11-19-18(13-14)17(10-12-20(24)25-3)21(23(19)2)15-6-8-16(22)9-7-15/h4-9,11,13H,1,10,12H2,2-3H3. The normalized spacial score (nSPS) is 10.8. The molecule has 0 atom stereocenters. The van der Waals surface area contributed by atoms with Crippen LogP contribution in [-0.4, -0.2) is 17.6 Å². The zero-order valence-corrected chi connectivity index (χ0v) is 15.1. The van der Waals surface area contributed by atoms with Crippen molar-refractivity contribution < 1.29 is 9.53 Å². The predicted molar refractivity (Wildman–Crippen MR) is 104 cm³/mol. The lowest BCUT2D eigenvalue weighted by atomic mass is 10.00. The van der Waals surface area contributed by atoms with Crippen molar-refractivity contribution in [1.82, 2.24) is 4.57 Å². The summed E-state index contributed by atoms with van der Waals surface area (Å²) >= 11 is 6.04. The molecule has 0 aliphatic carbocycles. The van der Waals surface area contributed by atoms with Crippen LogP contribution in [0.15, 0.2) is 49.0 Å². The summed E-state index contributed by atoms with van der Waals surface area (Å²) in [6, 6.07) is 14.0. The second-order valence-electron chi connectivity index (χ2n) is 5.95. The van der Waals surface area contributed by atoms with E-state index in [0.717, 1.165) is 33.3 Å². The van der Waals surface area contributed by atoms with E-state index in [1.807, 2.05) is 43.5 Å². The molecular formula is C21H20ClNO2. The second-order valence-corrected chi connectivity index (χ2v) is 6.39. The SMILES string of the molecule is C=Cc1ccc2c(c1)c(CCC(=O)OC)c(-c1ccc(Cl)cc1)n2C. The minimum atomic E-state index is -0.209. The van der Waals surface area contributed by atoms with Gasteiger partial charge in [0.15, 0.2) is 0 Å². The lowest BCUT2D eigenvalue weighted by Crippen LogP contribution is -2.03. The molecule has 0 amide bonds. The molecule has 0 spiro atoms. The van der Waals surface area contributed by atoms with Gasteiger partial charge in [-0.25, -0.2) is 0 Å². The number of ether oxygens (including phenoxy) is 1. The first-order valence-corrected chi connectivity index (χ1v) is 8.49. The number of esters is 1. The van der Waals surface area contributed by atoms with Crippen molar-refractivity contribution in [2.75, 3.05) is 7.11 Å². The number of halogens is 1. The number of rotatable bonds is 5. The highest BCUT2D eigenvalue weighted by molar-refractivity contribution is 6.30. The molecule has 3 rings (SSSR count). The number of hydrogen-bond acceptors (Lipinski definition) is 2. The Morgan fingerprint density at radius 3 is 2.60 bits per heavy atom. The molecule has 128 valence electrons.